The van der Waals surface area contributed by atoms with Gasteiger partial charge in [-0.15, -0.1) is 0 Å². The first-order valence-corrected chi connectivity index (χ1v) is 16.2. The molecule has 0 aliphatic carbocycles. The first kappa shape index (κ1) is 33.4. The SMILES string of the molecule is Cc1cc(C)c(OC(=O)N(Cc2cc(Cl)ccc2Cl)c2ccnc(Nc3ccc(OCCCN4CCCCC4)c(F)c3)n2)c(C)c1. The summed E-state index contributed by atoms with van der Waals surface area (Å²) in [5.41, 5.74) is 3.74. The zero-order valence-corrected chi connectivity index (χ0v) is 27.8. The van der Waals surface area contributed by atoms with Gasteiger partial charge in [-0.3, -0.25) is 4.90 Å². The van der Waals surface area contributed by atoms with Crippen molar-refractivity contribution in [2.45, 2.75) is 53.0 Å². The molecule has 46 heavy (non-hydrogen) atoms. The lowest BCUT2D eigenvalue weighted by Gasteiger charge is -2.26. The zero-order chi connectivity index (χ0) is 32.6. The molecule has 0 spiro atoms. The fourth-order valence-electron chi connectivity index (χ4n) is 5.58. The van der Waals surface area contributed by atoms with E-state index in [4.69, 9.17) is 32.7 Å². The third-order valence-corrected chi connectivity index (χ3v) is 8.38. The number of carbonyl (C=O) groups excluding carboxylic acids is 1. The van der Waals surface area contributed by atoms with Crippen LogP contribution in [-0.2, 0) is 6.54 Å². The largest absolute Gasteiger partial charge is 0.490 e. The fourth-order valence-corrected chi connectivity index (χ4v) is 5.95. The second-order valence-corrected chi connectivity index (χ2v) is 12.4. The molecule has 4 aromatic rings. The van der Waals surface area contributed by atoms with Gasteiger partial charge in [0.1, 0.15) is 11.6 Å². The molecule has 1 fully saturated rings. The minimum absolute atomic E-state index is 0.0249. The normalized spacial score (nSPS) is 13.3. The lowest BCUT2D eigenvalue weighted by Crippen LogP contribution is -2.34. The number of likely N-dealkylation sites (tertiary alicyclic amines) is 1. The monoisotopic (exact) mass is 665 g/mol. The molecule has 1 aromatic heterocycles. The van der Waals surface area contributed by atoms with E-state index in [0.29, 0.717) is 33.7 Å². The van der Waals surface area contributed by atoms with Crippen molar-refractivity contribution >= 4 is 46.7 Å². The highest BCUT2D eigenvalue weighted by Gasteiger charge is 2.24. The summed E-state index contributed by atoms with van der Waals surface area (Å²) in [4.78, 5) is 26.4. The molecule has 1 N–H and O–H groups in total. The molecule has 0 radical (unpaired) electrons. The van der Waals surface area contributed by atoms with Gasteiger partial charge in [0.15, 0.2) is 11.6 Å². The average Bonchev–Trinajstić information content (AvgIpc) is 3.03. The summed E-state index contributed by atoms with van der Waals surface area (Å²) in [5.74, 6) is 0.561. The van der Waals surface area contributed by atoms with Crippen LogP contribution in [0.4, 0.5) is 26.6 Å². The highest BCUT2D eigenvalue weighted by atomic mass is 35.5. The van der Waals surface area contributed by atoms with Gasteiger partial charge in [-0.05, 0) is 106 Å². The van der Waals surface area contributed by atoms with Gasteiger partial charge in [-0.25, -0.2) is 14.2 Å². The number of hydrogen-bond acceptors (Lipinski definition) is 7. The Balaban J connectivity index is 1.31. The van der Waals surface area contributed by atoms with E-state index in [-0.39, 0.29) is 24.1 Å². The predicted molar refractivity (Wildman–Crippen MR) is 181 cm³/mol. The number of aryl methyl sites for hydroxylation is 3. The van der Waals surface area contributed by atoms with Crippen molar-refractivity contribution in [3.05, 3.63) is 98.9 Å². The molecule has 0 bridgehead atoms. The van der Waals surface area contributed by atoms with Crippen LogP contribution in [0.25, 0.3) is 0 Å². The molecule has 0 unspecified atom stereocenters. The van der Waals surface area contributed by atoms with Crippen LogP contribution in [0.2, 0.25) is 10.0 Å². The number of rotatable bonds is 11. The molecule has 0 saturated carbocycles. The fraction of sp³-hybridized carbons (Fsp3) is 0.343. The van der Waals surface area contributed by atoms with Crippen LogP contribution in [0.15, 0.2) is 60.8 Å². The zero-order valence-electron chi connectivity index (χ0n) is 26.3. The van der Waals surface area contributed by atoms with Crippen LogP contribution < -0.4 is 19.7 Å². The maximum atomic E-state index is 14.9. The lowest BCUT2D eigenvalue weighted by atomic mass is 10.1. The van der Waals surface area contributed by atoms with Crippen molar-refractivity contribution in [1.82, 2.24) is 14.9 Å². The first-order chi connectivity index (χ1) is 22.2. The van der Waals surface area contributed by atoms with Crippen LogP contribution in [0.3, 0.4) is 0 Å². The summed E-state index contributed by atoms with van der Waals surface area (Å²) in [6.45, 7) is 9.42. The van der Waals surface area contributed by atoms with E-state index in [9.17, 15) is 9.18 Å². The Morgan fingerprint density at radius 3 is 2.50 bits per heavy atom. The Morgan fingerprint density at radius 1 is 1.00 bits per heavy atom. The van der Waals surface area contributed by atoms with Crippen LogP contribution in [0.5, 0.6) is 11.5 Å². The molecule has 8 nitrogen and oxygen atoms in total. The van der Waals surface area contributed by atoms with Gasteiger partial charge in [0.25, 0.3) is 0 Å². The van der Waals surface area contributed by atoms with E-state index >= 15 is 0 Å². The van der Waals surface area contributed by atoms with E-state index in [1.807, 2.05) is 32.9 Å². The molecule has 0 atom stereocenters. The Bertz CT molecular complexity index is 1660. The Morgan fingerprint density at radius 2 is 1.76 bits per heavy atom. The smallest absolute Gasteiger partial charge is 0.421 e. The molecule has 5 rings (SSSR count). The molecular weight excluding hydrogens is 628 g/mol. The number of ether oxygens (including phenoxy) is 2. The van der Waals surface area contributed by atoms with Crippen molar-refractivity contribution < 1.29 is 18.7 Å². The number of benzene rings is 3. The molecule has 1 aliphatic heterocycles. The van der Waals surface area contributed by atoms with Crippen molar-refractivity contribution in [3.63, 3.8) is 0 Å². The summed E-state index contributed by atoms with van der Waals surface area (Å²) in [7, 11) is 0. The van der Waals surface area contributed by atoms with Crippen molar-refractivity contribution in [2.75, 3.05) is 36.5 Å². The number of carbonyl (C=O) groups is 1. The summed E-state index contributed by atoms with van der Waals surface area (Å²) >= 11 is 12.7. The van der Waals surface area contributed by atoms with E-state index in [2.05, 4.69) is 20.2 Å². The van der Waals surface area contributed by atoms with E-state index in [0.717, 1.165) is 42.7 Å². The third-order valence-electron chi connectivity index (χ3n) is 7.78. The minimum atomic E-state index is -0.663. The molecular formula is C35H38Cl2FN5O3. The first-order valence-electron chi connectivity index (χ1n) is 15.4. The van der Waals surface area contributed by atoms with E-state index in [1.54, 1.807) is 36.4 Å². The number of piperidine rings is 1. The Hall–Kier alpha value is -3.92. The lowest BCUT2D eigenvalue weighted by molar-refractivity contribution is 0.203. The standard InChI is InChI=1S/C35H38Cl2FN5O3/c1-23-18-24(2)33(25(3)19-23)46-35(44)43(22-26-20-27(36)8-10-29(26)37)32-12-13-39-34(41-32)40-28-9-11-31(30(38)21-28)45-17-7-16-42-14-5-4-6-15-42/h8-13,18-21H,4-7,14-17,22H2,1-3H3,(H,39,40,41). The quantitative estimate of drug-likeness (QED) is 0.160. The predicted octanol–water partition coefficient (Wildman–Crippen LogP) is 9.05. The van der Waals surface area contributed by atoms with Gasteiger partial charge >= 0.3 is 6.09 Å². The molecule has 11 heteroatoms. The van der Waals surface area contributed by atoms with Gasteiger partial charge in [0.05, 0.1) is 13.2 Å². The molecule has 1 amide bonds. The highest BCUT2D eigenvalue weighted by Crippen LogP contribution is 2.29. The number of halogens is 3. The minimum Gasteiger partial charge on any atom is -0.490 e. The van der Waals surface area contributed by atoms with Gasteiger partial charge in [0.2, 0.25) is 5.95 Å². The molecule has 242 valence electrons. The van der Waals surface area contributed by atoms with E-state index < -0.39 is 11.9 Å². The number of nitrogens with one attached hydrogen (secondary N) is 1. The maximum Gasteiger partial charge on any atom is 0.421 e. The number of anilines is 3. The van der Waals surface area contributed by atoms with Crippen molar-refractivity contribution in [2.24, 2.45) is 0 Å². The second-order valence-electron chi connectivity index (χ2n) is 11.5. The Labute approximate surface area is 279 Å². The summed E-state index contributed by atoms with van der Waals surface area (Å²) < 4.78 is 26.6. The van der Waals surface area contributed by atoms with Crippen LogP contribution >= 0.6 is 23.2 Å². The number of amides is 1. The van der Waals surface area contributed by atoms with Crippen molar-refractivity contribution in [1.29, 1.82) is 0 Å². The van der Waals surface area contributed by atoms with E-state index in [1.165, 1.54) is 36.4 Å². The van der Waals surface area contributed by atoms with Crippen LogP contribution in [-0.4, -0.2) is 47.2 Å². The summed E-state index contributed by atoms with van der Waals surface area (Å²) in [6, 6.07) is 15.1. The maximum absolute atomic E-state index is 14.9. The molecule has 2 heterocycles. The van der Waals surface area contributed by atoms with Crippen LogP contribution in [0.1, 0.15) is 47.9 Å². The third kappa shape index (κ3) is 8.87. The second kappa shape index (κ2) is 15.6. The molecule has 1 aliphatic rings. The number of hydrogen-bond donors (Lipinski definition) is 1. The van der Waals surface area contributed by atoms with Gasteiger partial charge in [-0.1, -0.05) is 47.3 Å². The Kier molecular flexibility index (Phi) is 11.3. The van der Waals surface area contributed by atoms with Crippen molar-refractivity contribution in [3.8, 4) is 11.5 Å². The highest BCUT2D eigenvalue weighted by molar-refractivity contribution is 6.33. The van der Waals surface area contributed by atoms with Gasteiger partial charge in [0, 0.05) is 34.5 Å². The topological polar surface area (TPSA) is 79.8 Å². The summed E-state index contributed by atoms with van der Waals surface area (Å²) in [5, 5.41) is 3.93. The van der Waals surface area contributed by atoms with Crippen LogP contribution in [0, 0.1) is 26.6 Å². The van der Waals surface area contributed by atoms with Gasteiger partial charge < -0.3 is 19.7 Å². The number of nitrogens with zero attached hydrogens (tertiary/aromatic N) is 4. The number of aromatic nitrogens is 2. The molecule has 3 aromatic carbocycles. The molecule has 1 saturated heterocycles. The average molecular weight is 667 g/mol. The summed E-state index contributed by atoms with van der Waals surface area (Å²) in [6.07, 6.45) is 5.45. The van der Waals surface area contributed by atoms with Gasteiger partial charge in [-0.2, -0.15) is 4.98 Å².